The Hall–Kier alpha value is -0.300. The molecule has 6 atom stereocenters. The van der Waals surface area contributed by atoms with E-state index in [4.69, 9.17) is 4.74 Å². The highest BCUT2D eigenvalue weighted by Crippen LogP contribution is 2.61. The molecule has 0 amide bonds. The second-order valence-corrected chi connectivity index (χ2v) is 7.46. The Labute approximate surface area is 111 Å². The predicted octanol–water partition coefficient (Wildman–Crippen LogP) is 4.33. The van der Waals surface area contributed by atoms with Crippen molar-refractivity contribution in [2.24, 2.45) is 23.2 Å². The highest BCUT2D eigenvalue weighted by atomic mass is 16.5. The zero-order valence-corrected chi connectivity index (χ0v) is 11.7. The first-order chi connectivity index (χ1) is 8.70. The lowest BCUT2D eigenvalue weighted by molar-refractivity contribution is -0.0528. The van der Waals surface area contributed by atoms with Crippen molar-refractivity contribution in [3.8, 4) is 0 Å². The van der Waals surface area contributed by atoms with Gasteiger partial charge >= 0.3 is 0 Å². The van der Waals surface area contributed by atoms with E-state index in [0.717, 1.165) is 17.8 Å². The topological polar surface area (TPSA) is 9.23 Å². The van der Waals surface area contributed by atoms with E-state index in [-0.39, 0.29) is 0 Å². The predicted molar refractivity (Wildman–Crippen MR) is 73.3 cm³/mol. The zero-order valence-electron chi connectivity index (χ0n) is 11.7. The monoisotopic (exact) mass is 246 g/mol. The molecule has 1 heterocycles. The molecule has 0 aromatic rings. The van der Waals surface area contributed by atoms with Crippen LogP contribution in [0.5, 0.6) is 0 Å². The molecule has 0 bridgehead atoms. The summed E-state index contributed by atoms with van der Waals surface area (Å²) in [5.41, 5.74) is 1.93. The van der Waals surface area contributed by atoms with Crippen LogP contribution in [-0.4, -0.2) is 12.2 Å². The molecule has 1 nitrogen and oxygen atoms in total. The number of fused-ring (bicyclic) bond motifs is 5. The van der Waals surface area contributed by atoms with Gasteiger partial charge < -0.3 is 4.74 Å². The van der Waals surface area contributed by atoms with Crippen LogP contribution in [-0.2, 0) is 4.74 Å². The van der Waals surface area contributed by atoms with E-state index in [0.29, 0.717) is 17.6 Å². The molecule has 100 valence electrons. The summed E-state index contributed by atoms with van der Waals surface area (Å²) in [6, 6.07) is 0. The highest BCUT2D eigenvalue weighted by molar-refractivity contribution is 5.21. The van der Waals surface area contributed by atoms with E-state index in [2.05, 4.69) is 13.5 Å². The third-order valence-electron chi connectivity index (χ3n) is 6.83. The Morgan fingerprint density at radius 2 is 1.94 bits per heavy atom. The van der Waals surface area contributed by atoms with Crippen LogP contribution in [0.4, 0.5) is 0 Å². The van der Waals surface area contributed by atoms with Crippen LogP contribution in [0.2, 0.25) is 0 Å². The molecule has 3 aliphatic carbocycles. The molecular formula is C17H26O. The number of ether oxygens (including phenoxy) is 1. The van der Waals surface area contributed by atoms with Crippen LogP contribution in [0.1, 0.15) is 58.3 Å². The van der Waals surface area contributed by atoms with Gasteiger partial charge in [0.2, 0.25) is 0 Å². The molecule has 18 heavy (non-hydrogen) atoms. The third kappa shape index (κ3) is 1.37. The first kappa shape index (κ1) is 11.5. The largest absolute Gasteiger partial charge is 0.374 e. The average molecular weight is 246 g/mol. The Morgan fingerprint density at radius 3 is 2.83 bits per heavy atom. The van der Waals surface area contributed by atoms with Crippen LogP contribution < -0.4 is 0 Å². The summed E-state index contributed by atoms with van der Waals surface area (Å²) >= 11 is 0. The van der Waals surface area contributed by atoms with Gasteiger partial charge in [-0.1, -0.05) is 31.9 Å². The fraction of sp³-hybridized carbons (Fsp3) is 0.882. The van der Waals surface area contributed by atoms with E-state index in [9.17, 15) is 0 Å². The van der Waals surface area contributed by atoms with Crippen molar-refractivity contribution >= 4 is 0 Å². The van der Waals surface area contributed by atoms with Crippen LogP contribution >= 0.6 is 0 Å². The van der Waals surface area contributed by atoms with Gasteiger partial charge in [-0.15, -0.1) is 0 Å². The van der Waals surface area contributed by atoms with Crippen LogP contribution in [0.3, 0.4) is 0 Å². The first-order valence-corrected chi connectivity index (χ1v) is 8.04. The highest BCUT2D eigenvalue weighted by Gasteiger charge is 2.57. The van der Waals surface area contributed by atoms with E-state index in [1.807, 2.05) is 0 Å². The SMILES string of the molecule is C=C1CCC2C3OC4CCCCC4C3CCC12C. The van der Waals surface area contributed by atoms with Gasteiger partial charge in [0.25, 0.3) is 0 Å². The first-order valence-electron chi connectivity index (χ1n) is 8.04. The molecule has 0 aromatic heterocycles. The maximum absolute atomic E-state index is 6.56. The number of rotatable bonds is 0. The van der Waals surface area contributed by atoms with Crippen molar-refractivity contribution in [1.82, 2.24) is 0 Å². The van der Waals surface area contributed by atoms with Crippen LogP contribution in [0.25, 0.3) is 0 Å². The Bertz CT molecular complexity index is 374. The van der Waals surface area contributed by atoms with Gasteiger partial charge in [-0.3, -0.25) is 0 Å². The lowest BCUT2D eigenvalue weighted by atomic mass is 9.61. The molecule has 0 N–H and O–H groups in total. The maximum atomic E-state index is 6.56. The molecule has 6 unspecified atom stereocenters. The zero-order chi connectivity index (χ0) is 12.3. The molecule has 0 radical (unpaired) electrons. The summed E-state index contributed by atoms with van der Waals surface area (Å²) in [6.07, 6.45) is 12.2. The second-order valence-electron chi connectivity index (χ2n) is 7.46. The van der Waals surface area contributed by atoms with E-state index in [1.54, 1.807) is 0 Å². The van der Waals surface area contributed by atoms with Crippen LogP contribution in [0.15, 0.2) is 12.2 Å². The molecule has 4 aliphatic rings. The summed E-state index contributed by atoms with van der Waals surface area (Å²) in [6.45, 7) is 6.83. The van der Waals surface area contributed by atoms with Gasteiger partial charge in [0, 0.05) is 0 Å². The standard InChI is InChI=1S/C17H26O/c1-11-7-8-14-16-13(9-10-17(11,14)2)12-5-3-4-6-15(12)18-16/h12-16H,1,3-10H2,2H3. The Kier molecular flexibility index (Phi) is 2.46. The van der Waals surface area contributed by atoms with Gasteiger partial charge in [0.05, 0.1) is 12.2 Å². The number of allylic oxidation sites excluding steroid dienone is 1. The summed E-state index contributed by atoms with van der Waals surface area (Å²) in [7, 11) is 0. The van der Waals surface area contributed by atoms with E-state index >= 15 is 0 Å². The van der Waals surface area contributed by atoms with Crippen molar-refractivity contribution in [2.75, 3.05) is 0 Å². The lowest BCUT2D eigenvalue weighted by Gasteiger charge is -2.44. The second kappa shape index (κ2) is 3.85. The third-order valence-corrected chi connectivity index (χ3v) is 6.83. The molecule has 0 spiro atoms. The Morgan fingerprint density at radius 1 is 1.11 bits per heavy atom. The van der Waals surface area contributed by atoms with Gasteiger partial charge in [0.1, 0.15) is 0 Å². The average Bonchev–Trinajstić information content (AvgIpc) is 2.88. The summed E-state index contributed by atoms with van der Waals surface area (Å²) in [5.74, 6) is 2.58. The van der Waals surface area contributed by atoms with Crippen molar-refractivity contribution in [2.45, 2.75) is 70.5 Å². The molecule has 4 fully saturated rings. The molecular weight excluding hydrogens is 220 g/mol. The molecule has 0 aromatic carbocycles. The smallest absolute Gasteiger partial charge is 0.0647 e. The minimum absolute atomic E-state index is 0.411. The Balaban J connectivity index is 1.64. The van der Waals surface area contributed by atoms with Crippen molar-refractivity contribution in [3.63, 3.8) is 0 Å². The van der Waals surface area contributed by atoms with Gasteiger partial charge in [-0.2, -0.15) is 0 Å². The normalized spacial score (nSPS) is 54.9. The van der Waals surface area contributed by atoms with E-state index in [1.165, 1.54) is 56.9 Å². The van der Waals surface area contributed by atoms with Gasteiger partial charge in [-0.25, -0.2) is 0 Å². The molecule has 1 heteroatoms. The van der Waals surface area contributed by atoms with Gasteiger partial charge in [-0.05, 0) is 61.7 Å². The summed E-state index contributed by atoms with van der Waals surface area (Å²) in [5, 5.41) is 0. The molecule has 1 aliphatic heterocycles. The fourth-order valence-corrected chi connectivity index (χ4v) is 5.65. The minimum atomic E-state index is 0.411. The maximum Gasteiger partial charge on any atom is 0.0647 e. The molecule has 4 rings (SSSR count). The van der Waals surface area contributed by atoms with Crippen molar-refractivity contribution < 1.29 is 4.74 Å². The molecule has 1 saturated heterocycles. The fourth-order valence-electron chi connectivity index (χ4n) is 5.65. The molecule has 3 saturated carbocycles. The minimum Gasteiger partial charge on any atom is -0.374 e. The summed E-state index contributed by atoms with van der Waals surface area (Å²) in [4.78, 5) is 0. The van der Waals surface area contributed by atoms with Crippen molar-refractivity contribution in [3.05, 3.63) is 12.2 Å². The summed E-state index contributed by atoms with van der Waals surface area (Å²) < 4.78 is 6.56. The van der Waals surface area contributed by atoms with Gasteiger partial charge in [0.15, 0.2) is 0 Å². The lowest BCUT2D eigenvalue weighted by Crippen LogP contribution is -2.42. The van der Waals surface area contributed by atoms with Crippen molar-refractivity contribution in [1.29, 1.82) is 0 Å². The van der Waals surface area contributed by atoms with E-state index < -0.39 is 0 Å². The number of hydrogen-bond donors (Lipinski definition) is 0. The number of hydrogen-bond acceptors (Lipinski definition) is 1. The quantitative estimate of drug-likeness (QED) is 0.578. The van der Waals surface area contributed by atoms with Crippen LogP contribution in [0, 0.1) is 23.2 Å².